The van der Waals surface area contributed by atoms with Gasteiger partial charge in [0.25, 0.3) is 0 Å². The minimum Gasteiger partial charge on any atom is -0.481 e. The number of carbonyl (C=O) groups is 3. The first-order valence-electron chi connectivity index (χ1n) is 7.84. The minimum absolute atomic E-state index is 0.0336. The highest BCUT2D eigenvalue weighted by atomic mass is 16.4. The molecule has 0 aromatic heterocycles. The van der Waals surface area contributed by atoms with Crippen LogP contribution in [0.25, 0.3) is 0 Å². The lowest BCUT2D eigenvalue weighted by atomic mass is 9.81. The van der Waals surface area contributed by atoms with E-state index in [1.54, 1.807) is 4.90 Å². The third-order valence-corrected chi connectivity index (χ3v) is 5.43. The summed E-state index contributed by atoms with van der Waals surface area (Å²) in [5.41, 5.74) is -0.875. The standard InChI is InChI=1S/C15H22N2O4/c18-12(8-15(14(20)21)5-1-2-6-15)17-7-3-4-10-11(17)9-16-13(10)19/h10-11H,1-9H2,(H,16,19)(H,20,21). The number of fused-ring (bicyclic) bond motifs is 1. The van der Waals surface area contributed by atoms with Gasteiger partial charge in [0.2, 0.25) is 11.8 Å². The first-order valence-corrected chi connectivity index (χ1v) is 7.84. The quantitative estimate of drug-likeness (QED) is 0.804. The monoisotopic (exact) mass is 294 g/mol. The van der Waals surface area contributed by atoms with Gasteiger partial charge in [0.05, 0.1) is 17.4 Å². The van der Waals surface area contributed by atoms with E-state index >= 15 is 0 Å². The molecule has 2 amide bonds. The first-order chi connectivity index (χ1) is 10.0. The molecule has 21 heavy (non-hydrogen) atoms. The number of aliphatic carboxylic acids is 1. The molecule has 0 radical (unpaired) electrons. The van der Waals surface area contributed by atoms with E-state index < -0.39 is 11.4 Å². The lowest BCUT2D eigenvalue weighted by Gasteiger charge is -2.37. The van der Waals surface area contributed by atoms with Crippen molar-refractivity contribution in [3.8, 4) is 0 Å². The molecule has 2 aliphatic heterocycles. The summed E-state index contributed by atoms with van der Waals surface area (Å²) in [4.78, 5) is 37.7. The molecule has 1 saturated carbocycles. The Kier molecular flexibility index (Phi) is 3.63. The summed E-state index contributed by atoms with van der Waals surface area (Å²) < 4.78 is 0. The fourth-order valence-electron chi connectivity index (χ4n) is 4.17. The summed E-state index contributed by atoms with van der Waals surface area (Å²) in [5, 5.41) is 12.3. The molecule has 6 heteroatoms. The Balaban J connectivity index is 1.73. The third-order valence-electron chi connectivity index (χ3n) is 5.43. The maximum atomic E-state index is 12.6. The Hall–Kier alpha value is -1.59. The number of rotatable bonds is 3. The van der Waals surface area contributed by atoms with Crippen LogP contribution in [-0.2, 0) is 14.4 Å². The Labute approximate surface area is 123 Å². The first kappa shape index (κ1) is 14.4. The number of carboxylic acids is 1. The van der Waals surface area contributed by atoms with Crippen molar-refractivity contribution in [2.24, 2.45) is 11.3 Å². The van der Waals surface area contributed by atoms with Gasteiger partial charge < -0.3 is 15.3 Å². The SMILES string of the molecule is O=C1NCC2C1CCCN2C(=O)CC1(C(=O)O)CCCC1. The molecule has 2 heterocycles. The molecule has 0 aromatic rings. The van der Waals surface area contributed by atoms with Crippen LogP contribution in [0.4, 0.5) is 0 Å². The van der Waals surface area contributed by atoms with Gasteiger partial charge in [-0.05, 0) is 25.7 Å². The Morgan fingerprint density at radius 1 is 1.29 bits per heavy atom. The highest BCUT2D eigenvalue weighted by Crippen LogP contribution is 2.42. The summed E-state index contributed by atoms with van der Waals surface area (Å²) in [5.74, 6) is -1.01. The predicted molar refractivity (Wildman–Crippen MR) is 74.4 cm³/mol. The summed E-state index contributed by atoms with van der Waals surface area (Å²) in [6.07, 6.45) is 4.67. The second kappa shape index (κ2) is 5.31. The number of carboxylic acid groups (broad SMARTS) is 1. The molecule has 0 aromatic carbocycles. The largest absolute Gasteiger partial charge is 0.481 e. The molecule has 3 aliphatic rings. The van der Waals surface area contributed by atoms with Crippen molar-refractivity contribution in [1.82, 2.24) is 10.2 Å². The molecule has 0 spiro atoms. The van der Waals surface area contributed by atoms with Crippen LogP contribution in [0.2, 0.25) is 0 Å². The molecule has 116 valence electrons. The van der Waals surface area contributed by atoms with E-state index in [-0.39, 0.29) is 30.2 Å². The van der Waals surface area contributed by atoms with Gasteiger partial charge in [-0.25, -0.2) is 0 Å². The van der Waals surface area contributed by atoms with Gasteiger partial charge in [-0.2, -0.15) is 0 Å². The van der Waals surface area contributed by atoms with Crippen LogP contribution >= 0.6 is 0 Å². The van der Waals surface area contributed by atoms with Gasteiger partial charge in [0, 0.05) is 19.5 Å². The molecular weight excluding hydrogens is 272 g/mol. The zero-order chi connectivity index (χ0) is 15.0. The van der Waals surface area contributed by atoms with Crippen molar-refractivity contribution in [3.05, 3.63) is 0 Å². The zero-order valence-corrected chi connectivity index (χ0v) is 12.1. The van der Waals surface area contributed by atoms with E-state index in [2.05, 4.69) is 5.32 Å². The molecule has 2 unspecified atom stereocenters. The molecule has 0 bridgehead atoms. The molecular formula is C15H22N2O4. The van der Waals surface area contributed by atoms with Crippen molar-refractivity contribution in [1.29, 1.82) is 0 Å². The van der Waals surface area contributed by atoms with Crippen LogP contribution in [0.15, 0.2) is 0 Å². The molecule has 3 rings (SSSR count). The Morgan fingerprint density at radius 3 is 2.67 bits per heavy atom. The topological polar surface area (TPSA) is 86.7 Å². The van der Waals surface area contributed by atoms with Crippen molar-refractivity contribution < 1.29 is 19.5 Å². The summed E-state index contributed by atoms with van der Waals surface area (Å²) in [7, 11) is 0. The summed E-state index contributed by atoms with van der Waals surface area (Å²) >= 11 is 0. The van der Waals surface area contributed by atoms with Crippen LogP contribution in [0, 0.1) is 11.3 Å². The molecule has 2 N–H and O–H groups in total. The van der Waals surface area contributed by atoms with Gasteiger partial charge >= 0.3 is 5.97 Å². The van der Waals surface area contributed by atoms with Gasteiger partial charge in [-0.15, -0.1) is 0 Å². The maximum Gasteiger partial charge on any atom is 0.310 e. The molecule has 3 fully saturated rings. The lowest BCUT2D eigenvalue weighted by molar-refractivity contribution is -0.154. The van der Waals surface area contributed by atoms with Gasteiger partial charge in [-0.3, -0.25) is 14.4 Å². The fourth-order valence-corrected chi connectivity index (χ4v) is 4.17. The average molecular weight is 294 g/mol. The molecule has 6 nitrogen and oxygen atoms in total. The highest BCUT2D eigenvalue weighted by molar-refractivity contribution is 5.87. The van der Waals surface area contributed by atoms with Gasteiger partial charge in [-0.1, -0.05) is 12.8 Å². The lowest BCUT2D eigenvalue weighted by Crippen LogP contribution is -2.50. The van der Waals surface area contributed by atoms with Gasteiger partial charge in [0.1, 0.15) is 0 Å². The number of hydrogen-bond donors (Lipinski definition) is 2. The van der Waals surface area contributed by atoms with E-state index in [0.29, 0.717) is 25.9 Å². The van der Waals surface area contributed by atoms with Crippen LogP contribution in [-0.4, -0.2) is 46.9 Å². The van der Waals surface area contributed by atoms with Crippen molar-refractivity contribution >= 4 is 17.8 Å². The number of amides is 2. The Morgan fingerprint density at radius 2 is 2.00 bits per heavy atom. The van der Waals surface area contributed by atoms with Crippen LogP contribution in [0.5, 0.6) is 0 Å². The Bertz CT molecular complexity index is 470. The summed E-state index contributed by atoms with van der Waals surface area (Å²) in [6, 6.07) is -0.0778. The van der Waals surface area contributed by atoms with Crippen LogP contribution in [0.3, 0.4) is 0 Å². The highest BCUT2D eigenvalue weighted by Gasteiger charge is 2.47. The zero-order valence-electron chi connectivity index (χ0n) is 12.1. The number of piperidine rings is 1. The smallest absolute Gasteiger partial charge is 0.310 e. The van der Waals surface area contributed by atoms with Crippen LogP contribution in [0.1, 0.15) is 44.9 Å². The van der Waals surface area contributed by atoms with E-state index in [4.69, 9.17) is 0 Å². The number of nitrogens with one attached hydrogen (secondary N) is 1. The maximum absolute atomic E-state index is 12.6. The van der Waals surface area contributed by atoms with E-state index in [0.717, 1.165) is 25.7 Å². The number of nitrogens with zero attached hydrogens (tertiary/aromatic N) is 1. The summed E-state index contributed by atoms with van der Waals surface area (Å²) in [6.45, 7) is 1.15. The molecule has 1 aliphatic carbocycles. The van der Waals surface area contributed by atoms with E-state index in [9.17, 15) is 19.5 Å². The number of carbonyl (C=O) groups excluding carboxylic acids is 2. The second-order valence-corrected chi connectivity index (χ2v) is 6.62. The fraction of sp³-hybridized carbons (Fsp3) is 0.800. The molecule has 2 atom stereocenters. The predicted octanol–water partition coefficient (Wildman–Crippen LogP) is 0.758. The average Bonchev–Trinajstić information content (AvgIpc) is 3.07. The van der Waals surface area contributed by atoms with Crippen LogP contribution < -0.4 is 5.32 Å². The van der Waals surface area contributed by atoms with Gasteiger partial charge in [0.15, 0.2) is 0 Å². The number of likely N-dealkylation sites (tertiary alicyclic amines) is 1. The van der Waals surface area contributed by atoms with Crippen molar-refractivity contribution in [2.75, 3.05) is 13.1 Å². The van der Waals surface area contributed by atoms with Crippen molar-refractivity contribution in [2.45, 2.75) is 51.0 Å². The number of hydrogen-bond acceptors (Lipinski definition) is 3. The third kappa shape index (κ3) is 2.40. The normalized spacial score (nSPS) is 30.9. The molecule has 2 saturated heterocycles. The van der Waals surface area contributed by atoms with Crippen molar-refractivity contribution in [3.63, 3.8) is 0 Å². The van der Waals surface area contributed by atoms with E-state index in [1.807, 2.05) is 0 Å². The minimum atomic E-state index is -0.875. The second-order valence-electron chi connectivity index (χ2n) is 6.62. The van der Waals surface area contributed by atoms with E-state index in [1.165, 1.54) is 0 Å².